The van der Waals surface area contributed by atoms with E-state index in [0.29, 0.717) is 23.1 Å². The van der Waals surface area contributed by atoms with Gasteiger partial charge < -0.3 is 19.8 Å². The van der Waals surface area contributed by atoms with Crippen molar-refractivity contribution in [3.8, 4) is 11.5 Å². The average molecular weight is 437 g/mol. The summed E-state index contributed by atoms with van der Waals surface area (Å²) in [7, 11) is 0. The van der Waals surface area contributed by atoms with Crippen LogP contribution >= 0.6 is 0 Å². The topological polar surface area (TPSA) is 115 Å². The van der Waals surface area contributed by atoms with E-state index in [-0.39, 0.29) is 17.8 Å². The largest absolute Gasteiger partial charge is 0.454 e. The summed E-state index contributed by atoms with van der Waals surface area (Å²) in [5.74, 6) is 1.51. The molecule has 32 heavy (non-hydrogen) atoms. The van der Waals surface area contributed by atoms with E-state index in [1.807, 2.05) is 12.1 Å². The quantitative estimate of drug-likeness (QED) is 0.496. The average Bonchev–Trinajstić information content (AvgIpc) is 3.35. The van der Waals surface area contributed by atoms with Gasteiger partial charge in [0.15, 0.2) is 11.4 Å². The van der Waals surface area contributed by atoms with Gasteiger partial charge in [-0.25, -0.2) is 14.5 Å². The van der Waals surface area contributed by atoms with Crippen molar-refractivity contribution < 1.29 is 9.15 Å². The molecule has 3 N–H and O–H groups in total. The molecule has 168 valence electrons. The predicted molar refractivity (Wildman–Crippen MR) is 123 cm³/mol. The number of furan rings is 1. The number of fused-ring (bicyclic) bond motifs is 2. The molecule has 0 spiro atoms. The van der Waals surface area contributed by atoms with Gasteiger partial charge in [0.05, 0.1) is 23.8 Å². The number of nitrogens with zero attached hydrogens (tertiary/aromatic N) is 4. The first kappa shape index (κ1) is 20.7. The van der Waals surface area contributed by atoms with Crippen LogP contribution in [0, 0.1) is 0 Å². The Kier molecular flexibility index (Phi) is 5.44. The standard InChI is InChI=1S/C19H19N5O3.C4H9N/c1-11-9-23(10-12(2)26-11)19-13-7-16(27-15(13)5-6-20-19)14-8-21-17-3-4-18(25)22-24(14)17;5-4-2-1-3-4/h3-8,11-12H,9-10H2,1-2H3,(H,22,25);4H,1-3,5H2. The maximum atomic E-state index is 11.7. The second-order valence-electron chi connectivity index (χ2n) is 8.66. The molecular weight excluding hydrogens is 408 g/mol. The fraction of sp³-hybridized carbons (Fsp3) is 0.435. The van der Waals surface area contributed by atoms with Gasteiger partial charge in [0.2, 0.25) is 0 Å². The number of morpholine rings is 1. The minimum atomic E-state index is -0.198. The Morgan fingerprint density at radius 1 is 1.12 bits per heavy atom. The van der Waals surface area contributed by atoms with Gasteiger partial charge in [-0.05, 0) is 44.9 Å². The Bertz CT molecular complexity index is 1280. The number of nitrogens with two attached hydrogens (primary N) is 1. The van der Waals surface area contributed by atoms with Crippen LogP contribution in [-0.2, 0) is 4.74 Å². The first-order valence-corrected chi connectivity index (χ1v) is 11.1. The molecule has 1 saturated heterocycles. The van der Waals surface area contributed by atoms with E-state index in [0.717, 1.165) is 29.9 Å². The Labute approximate surface area is 185 Å². The molecule has 0 aromatic carbocycles. The van der Waals surface area contributed by atoms with Crippen molar-refractivity contribution in [2.45, 2.75) is 51.4 Å². The Morgan fingerprint density at radius 3 is 2.56 bits per heavy atom. The van der Waals surface area contributed by atoms with Crippen molar-refractivity contribution in [2.24, 2.45) is 5.73 Å². The number of hydrogen-bond donors (Lipinski definition) is 2. The molecule has 2 unspecified atom stereocenters. The second kappa shape index (κ2) is 8.40. The summed E-state index contributed by atoms with van der Waals surface area (Å²) in [6, 6.07) is 7.50. The number of aromatic nitrogens is 4. The van der Waals surface area contributed by atoms with Crippen molar-refractivity contribution in [1.29, 1.82) is 0 Å². The third kappa shape index (κ3) is 4.01. The number of anilines is 1. The highest BCUT2D eigenvalue weighted by molar-refractivity contribution is 5.92. The summed E-state index contributed by atoms with van der Waals surface area (Å²) in [5.41, 5.74) is 7.27. The van der Waals surface area contributed by atoms with Crippen LogP contribution < -0.4 is 16.2 Å². The maximum Gasteiger partial charge on any atom is 0.263 e. The Balaban J connectivity index is 0.000000383. The third-order valence-electron chi connectivity index (χ3n) is 5.94. The van der Waals surface area contributed by atoms with Crippen LogP contribution in [0.4, 0.5) is 5.82 Å². The number of imidazole rings is 1. The first-order chi connectivity index (χ1) is 15.5. The molecule has 2 fully saturated rings. The number of pyridine rings is 1. The minimum Gasteiger partial charge on any atom is -0.454 e. The van der Waals surface area contributed by atoms with Gasteiger partial charge in [0.25, 0.3) is 5.56 Å². The number of hydrogen-bond acceptors (Lipinski definition) is 7. The van der Waals surface area contributed by atoms with E-state index >= 15 is 0 Å². The van der Waals surface area contributed by atoms with Crippen molar-refractivity contribution >= 4 is 22.4 Å². The highest BCUT2D eigenvalue weighted by Crippen LogP contribution is 2.33. The molecular formula is C23H28N6O3. The van der Waals surface area contributed by atoms with Gasteiger partial charge in [0, 0.05) is 31.4 Å². The van der Waals surface area contributed by atoms with Gasteiger partial charge >= 0.3 is 0 Å². The van der Waals surface area contributed by atoms with Crippen LogP contribution in [0.3, 0.4) is 0 Å². The van der Waals surface area contributed by atoms with E-state index in [1.165, 1.54) is 25.3 Å². The maximum absolute atomic E-state index is 11.7. The molecule has 0 amide bonds. The van der Waals surface area contributed by atoms with Crippen LogP contribution in [0.15, 0.2) is 45.9 Å². The monoisotopic (exact) mass is 436 g/mol. The molecule has 9 heteroatoms. The highest BCUT2D eigenvalue weighted by Gasteiger charge is 2.25. The lowest BCUT2D eigenvalue weighted by Crippen LogP contribution is -2.45. The van der Waals surface area contributed by atoms with Crippen molar-refractivity contribution in [3.63, 3.8) is 0 Å². The van der Waals surface area contributed by atoms with Crippen molar-refractivity contribution in [1.82, 2.24) is 19.6 Å². The van der Waals surface area contributed by atoms with Crippen molar-refractivity contribution in [3.05, 3.63) is 47.0 Å². The van der Waals surface area contributed by atoms with E-state index in [2.05, 4.69) is 33.8 Å². The summed E-state index contributed by atoms with van der Waals surface area (Å²) in [6.45, 7) is 5.69. The van der Waals surface area contributed by atoms with E-state index in [4.69, 9.17) is 14.9 Å². The number of ether oxygens (including phenoxy) is 1. The number of nitrogens with one attached hydrogen (secondary N) is 1. The summed E-state index contributed by atoms with van der Waals surface area (Å²) < 4.78 is 13.5. The minimum absolute atomic E-state index is 0.140. The van der Waals surface area contributed by atoms with Crippen LogP contribution in [0.5, 0.6) is 0 Å². The summed E-state index contributed by atoms with van der Waals surface area (Å²) in [4.78, 5) is 22.9. The van der Waals surface area contributed by atoms with E-state index in [1.54, 1.807) is 23.0 Å². The van der Waals surface area contributed by atoms with Crippen LogP contribution in [0.25, 0.3) is 28.1 Å². The molecule has 1 aliphatic carbocycles. The predicted octanol–water partition coefficient (Wildman–Crippen LogP) is 2.94. The molecule has 0 radical (unpaired) electrons. The molecule has 2 atom stereocenters. The van der Waals surface area contributed by atoms with Crippen LogP contribution in [0.2, 0.25) is 0 Å². The fourth-order valence-corrected chi connectivity index (χ4v) is 4.19. The van der Waals surface area contributed by atoms with Gasteiger partial charge in [-0.3, -0.25) is 9.89 Å². The molecule has 0 bridgehead atoms. The second-order valence-corrected chi connectivity index (χ2v) is 8.66. The van der Waals surface area contributed by atoms with Gasteiger partial charge in [-0.15, -0.1) is 0 Å². The van der Waals surface area contributed by atoms with Crippen LogP contribution in [-0.4, -0.2) is 50.9 Å². The summed E-state index contributed by atoms with van der Waals surface area (Å²) in [5, 5.41) is 3.70. The van der Waals surface area contributed by atoms with Gasteiger partial charge in [-0.1, -0.05) is 6.42 Å². The molecule has 9 nitrogen and oxygen atoms in total. The molecule has 2 aliphatic rings. The zero-order valence-corrected chi connectivity index (χ0v) is 18.3. The summed E-state index contributed by atoms with van der Waals surface area (Å²) in [6.07, 6.45) is 7.62. The number of rotatable bonds is 2. The number of aromatic amines is 1. The molecule has 5 heterocycles. The normalized spacial score (nSPS) is 21.4. The zero-order valence-electron chi connectivity index (χ0n) is 18.3. The lowest BCUT2D eigenvalue weighted by atomic mass is 9.95. The van der Waals surface area contributed by atoms with E-state index < -0.39 is 0 Å². The molecule has 4 aromatic heterocycles. The zero-order chi connectivity index (χ0) is 22.2. The molecule has 1 saturated carbocycles. The highest BCUT2D eigenvalue weighted by atomic mass is 16.5. The first-order valence-electron chi connectivity index (χ1n) is 11.1. The smallest absolute Gasteiger partial charge is 0.263 e. The van der Waals surface area contributed by atoms with Crippen molar-refractivity contribution in [2.75, 3.05) is 18.0 Å². The van der Waals surface area contributed by atoms with E-state index in [9.17, 15) is 4.79 Å². The van der Waals surface area contributed by atoms with Gasteiger partial charge in [-0.2, -0.15) is 0 Å². The fourth-order valence-electron chi connectivity index (χ4n) is 4.19. The SMILES string of the molecule is CC1CN(c2nccc3oc(-c4cnc5ccc(=O)[nH]n45)cc23)CC(C)O1.NC1CCC1. The lowest BCUT2D eigenvalue weighted by Gasteiger charge is -2.36. The summed E-state index contributed by atoms with van der Waals surface area (Å²) >= 11 is 0. The lowest BCUT2D eigenvalue weighted by molar-refractivity contribution is -0.00536. The third-order valence-corrected chi connectivity index (χ3v) is 5.94. The Hall–Kier alpha value is -3.17. The molecule has 1 aliphatic heterocycles. The Morgan fingerprint density at radius 2 is 1.88 bits per heavy atom. The molecule has 4 aromatic rings. The molecule has 6 rings (SSSR count). The van der Waals surface area contributed by atoms with Crippen LogP contribution in [0.1, 0.15) is 33.1 Å². The van der Waals surface area contributed by atoms with Gasteiger partial charge in [0.1, 0.15) is 17.1 Å². The number of H-pyrrole nitrogens is 1.